The average Bonchev–Trinajstić information content (AvgIpc) is 2.44. The van der Waals surface area contributed by atoms with Crippen molar-refractivity contribution >= 4 is 15.7 Å². The topological polar surface area (TPSA) is 81.4 Å². The molecule has 6 heteroatoms. The van der Waals surface area contributed by atoms with E-state index in [1.165, 1.54) is 6.07 Å². The smallest absolute Gasteiger partial charge is 0.241 e. The molecule has 3 N–H and O–H groups in total. The third kappa shape index (κ3) is 2.92. The monoisotopic (exact) mass is 304 g/mol. The van der Waals surface area contributed by atoms with Crippen LogP contribution in [0.1, 0.15) is 0 Å². The molecule has 0 amide bonds. The van der Waals surface area contributed by atoms with Gasteiger partial charge >= 0.3 is 0 Å². The summed E-state index contributed by atoms with van der Waals surface area (Å²) in [6.45, 7) is 0.827. The molecular weight excluding hydrogens is 288 g/mol. The highest BCUT2D eigenvalue weighted by molar-refractivity contribution is 7.89. The van der Waals surface area contributed by atoms with Crippen molar-refractivity contribution < 1.29 is 13.2 Å². The molecule has 0 aliphatic carbocycles. The summed E-state index contributed by atoms with van der Waals surface area (Å²) >= 11 is 0. The Kier molecular flexibility index (Phi) is 3.67. The molecule has 2 aromatic rings. The lowest BCUT2D eigenvalue weighted by Crippen LogP contribution is -2.48. The van der Waals surface area contributed by atoms with Gasteiger partial charge in [0.1, 0.15) is 0 Å². The van der Waals surface area contributed by atoms with Gasteiger partial charge in [0, 0.05) is 11.3 Å². The fraction of sp³-hybridized carbons (Fsp3) is 0.200. The maximum absolute atomic E-state index is 12.2. The molecule has 2 aromatic carbocycles. The minimum absolute atomic E-state index is 0.148. The second kappa shape index (κ2) is 5.48. The van der Waals surface area contributed by atoms with E-state index in [1.807, 2.05) is 30.3 Å². The Morgan fingerprint density at radius 2 is 1.81 bits per heavy atom. The van der Waals surface area contributed by atoms with Crippen molar-refractivity contribution in [1.29, 1.82) is 0 Å². The molecule has 1 saturated heterocycles. The maximum atomic E-state index is 12.2. The van der Waals surface area contributed by atoms with Crippen molar-refractivity contribution in [2.75, 3.05) is 18.9 Å². The lowest BCUT2D eigenvalue weighted by atomic mass is 10.0. The van der Waals surface area contributed by atoms with Gasteiger partial charge in [-0.25, -0.2) is 13.1 Å². The number of rotatable bonds is 4. The quantitative estimate of drug-likeness (QED) is 0.841. The minimum Gasteiger partial charge on any atom is -0.398 e. The Hall–Kier alpha value is -1.89. The van der Waals surface area contributed by atoms with Gasteiger partial charge in [0.2, 0.25) is 10.0 Å². The van der Waals surface area contributed by atoms with E-state index in [0.29, 0.717) is 18.9 Å². The zero-order valence-electron chi connectivity index (χ0n) is 11.3. The van der Waals surface area contributed by atoms with Crippen LogP contribution < -0.4 is 10.5 Å². The molecule has 0 atom stereocenters. The number of nitrogens with two attached hydrogens (primary N) is 1. The first-order chi connectivity index (χ1) is 10.1. The van der Waals surface area contributed by atoms with Crippen LogP contribution in [0, 0.1) is 0 Å². The second-order valence-electron chi connectivity index (χ2n) is 4.97. The van der Waals surface area contributed by atoms with Crippen LogP contribution in [0.15, 0.2) is 53.4 Å². The predicted octanol–water partition coefficient (Wildman–Crippen LogP) is 1.61. The molecule has 0 spiro atoms. The molecule has 21 heavy (non-hydrogen) atoms. The van der Waals surface area contributed by atoms with E-state index < -0.39 is 10.0 Å². The summed E-state index contributed by atoms with van der Waals surface area (Å²) < 4.78 is 32.0. The van der Waals surface area contributed by atoms with E-state index in [-0.39, 0.29) is 10.9 Å². The van der Waals surface area contributed by atoms with Gasteiger partial charge < -0.3 is 10.5 Å². The van der Waals surface area contributed by atoms with Crippen LogP contribution in [0.4, 0.5) is 5.69 Å². The Balaban J connectivity index is 1.90. The fourth-order valence-corrected chi connectivity index (χ4v) is 3.42. The van der Waals surface area contributed by atoms with Crippen LogP contribution in [0.2, 0.25) is 0 Å². The average molecular weight is 304 g/mol. The second-order valence-corrected chi connectivity index (χ2v) is 6.68. The zero-order chi connectivity index (χ0) is 14.9. The number of benzene rings is 2. The number of ether oxygens (including phenoxy) is 1. The van der Waals surface area contributed by atoms with Crippen LogP contribution in [0.3, 0.4) is 0 Å². The van der Waals surface area contributed by atoms with Crippen molar-refractivity contribution in [3.05, 3.63) is 48.5 Å². The highest BCUT2D eigenvalue weighted by atomic mass is 32.2. The summed E-state index contributed by atoms with van der Waals surface area (Å²) in [7, 11) is -3.55. The number of hydrogen-bond donors (Lipinski definition) is 2. The van der Waals surface area contributed by atoms with Crippen molar-refractivity contribution in [3.8, 4) is 11.1 Å². The van der Waals surface area contributed by atoms with E-state index in [4.69, 9.17) is 10.5 Å². The number of sulfonamides is 1. The first kappa shape index (κ1) is 14.1. The Morgan fingerprint density at radius 3 is 2.38 bits per heavy atom. The van der Waals surface area contributed by atoms with Crippen molar-refractivity contribution in [2.45, 2.75) is 10.9 Å². The number of nitrogen functional groups attached to an aromatic ring is 1. The van der Waals surface area contributed by atoms with Gasteiger partial charge in [-0.3, -0.25) is 0 Å². The van der Waals surface area contributed by atoms with E-state index in [9.17, 15) is 8.42 Å². The van der Waals surface area contributed by atoms with Crippen molar-refractivity contribution in [3.63, 3.8) is 0 Å². The Labute approximate surface area is 123 Å². The SMILES string of the molecule is Nc1cc(S(=O)(=O)NC2COC2)ccc1-c1ccccc1. The molecule has 3 rings (SSSR count). The minimum atomic E-state index is -3.55. The number of nitrogens with one attached hydrogen (secondary N) is 1. The van der Waals surface area contributed by atoms with Crippen molar-refractivity contribution in [2.24, 2.45) is 0 Å². The van der Waals surface area contributed by atoms with E-state index in [1.54, 1.807) is 12.1 Å². The van der Waals surface area contributed by atoms with Gasteiger partial charge in [0.25, 0.3) is 0 Å². The fourth-order valence-electron chi connectivity index (χ4n) is 2.18. The standard InChI is InChI=1S/C15H16N2O3S/c16-15-8-13(21(18,19)17-12-9-20-10-12)6-7-14(15)11-4-2-1-3-5-11/h1-8,12,17H,9-10,16H2. The van der Waals surface area contributed by atoms with Gasteiger partial charge in [-0.1, -0.05) is 36.4 Å². The zero-order valence-corrected chi connectivity index (χ0v) is 12.1. The molecule has 1 heterocycles. The molecule has 1 aliphatic heterocycles. The number of anilines is 1. The number of hydrogen-bond acceptors (Lipinski definition) is 4. The highest BCUT2D eigenvalue weighted by Gasteiger charge is 2.25. The van der Waals surface area contributed by atoms with Crippen LogP contribution in [0.5, 0.6) is 0 Å². The first-order valence-corrected chi connectivity index (χ1v) is 8.09. The Morgan fingerprint density at radius 1 is 1.10 bits per heavy atom. The van der Waals surface area contributed by atoms with Crippen molar-refractivity contribution in [1.82, 2.24) is 4.72 Å². The normalized spacial score (nSPS) is 15.6. The first-order valence-electron chi connectivity index (χ1n) is 6.61. The van der Waals surface area contributed by atoms with Gasteiger partial charge in [0.15, 0.2) is 0 Å². The molecule has 0 bridgehead atoms. The summed E-state index contributed by atoms with van der Waals surface area (Å²) in [6, 6.07) is 14.3. The molecule has 0 aromatic heterocycles. The third-order valence-electron chi connectivity index (χ3n) is 3.38. The van der Waals surface area contributed by atoms with E-state index in [0.717, 1.165) is 11.1 Å². The summed E-state index contributed by atoms with van der Waals surface area (Å²) in [6.07, 6.45) is 0. The molecule has 0 radical (unpaired) electrons. The summed E-state index contributed by atoms with van der Waals surface area (Å²) in [4.78, 5) is 0.173. The van der Waals surface area contributed by atoms with Crippen LogP contribution in [-0.4, -0.2) is 27.7 Å². The molecular formula is C15H16N2O3S. The lowest BCUT2D eigenvalue weighted by molar-refractivity contribution is 0.00482. The lowest BCUT2D eigenvalue weighted by Gasteiger charge is -2.26. The van der Waals surface area contributed by atoms with E-state index in [2.05, 4.69) is 4.72 Å². The van der Waals surface area contributed by atoms with E-state index >= 15 is 0 Å². The maximum Gasteiger partial charge on any atom is 0.241 e. The summed E-state index contributed by atoms with van der Waals surface area (Å²) in [5.41, 5.74) is 8.23. The molecule has 1 aliphatic rings. The van der Waals surface area contributed by atoms with Crippen LogP contribution in [0.25, 0.3) is 11.1 Å². The third-order valence-corrected chi connectivity index (χ3v) is 4.90. The summed E-state index contributed by atoms with van der Waals surface area (Å²) in [5, 5.41) is 0. The molecule has 110 valence electrons. The van der Waals surface area contributed by atoms with Crippen LogP contribution >= 0.6 is 0 Å². The van der Waals surface area contributed by atoms with Gasteiger partial charge in [-0.2, -0.15) is 0 Å². The summed E-state index contributed by atoms with van der Waals surface area (Å²) in [5.74, 6) is 0. The Bertz CT molecular complexity index is 741. The van der Waals surface area contributed by atoms with Gasteiger partial charge in [-0.05, 0) is 17.7 Å². The van der Waals surface area contributed by atoms with Gasteiger partial charge in [-0.15, -0.1) is 0 Å². The molecule has 0 saturated carbocycles. The molecule has 5 nitrogen and oxygen atoms in total. The largest absolute Gasteiger partial charge is 0.398 e. The van der Waals surface area contributed by atoms with Crippen LogP contribution in [-0.2, 0) is 14.8 Å². The van der Waals surface area contributed by atoms with Gasteiger partial charge in [0.05, 0.1) is 24.2 Å². The molecule has 1 fully saturated rings. The highest BCUT2D eigenvalue weighted by Crippen LogP contribution is 2.28. The molecule has 0 unspecified atom stereocenters. The predicted molar refractivity (Wildman–Crippen MR) is 81.2 cm³/mol.